The maximum Gasteiger partial charge on any atom is 0.252 e. The van der Waals surface area contributed by atoms with Gasteiger partial charge in [-0.1, -0.05) is 35.3 Å². The van der Waals surface area contributed by atoms with Crippen molar-refractivity contribution in [2.45, 2.75) is 6.42 Å². The van der Waals surface area contributed by atoms with Gasteiger partial charge in [0, 0.05) is 15.1 Å². The summed E-state index contributed by atoms with van der Waals surface area (Å²) in [6, 6.07) is 11.0. The lowest BCUT2D eigenvalue weighted by atomic mass is 10.1. The van der Waals surface area contributed by atoms with Crippen LogP contribution in [0.3, 0.4) is 0 Å². The summed E-state index contributed by atoms with van der Waals surface area (Å²) < 4.78 is 5.81. The third-order valence-corrected chi connectivity index (χ3v) is 5.09. The van der Waals surface area contributed by atoms with Crippen molar-refractivity contribution in [1.29, 1.82) is 0 Å². The average molecular weight is 450 g/mol. The molecule has 0 aromatic heterocycles. The highest BCUT2D eigenvalue weighted by Crippen LogP contribution is 2.26. The van der Waals surface area contributed by atoms with Crippen molar-refractivity contribution in [3.05, 3.63) is 61.1 Å². The fraction of sp³-hybridized carbons (Fsp3) is 0.188. The molecule has 0 atom stereocenters. The summed E-state index contributed by atoms with van der Waals surface area (Å²) in [6.45, 7) is 0.533. The van der Waals surface area contributed by atoms with Crippen molar-refractivity contribution < 1.29 is 9.53 Å². The fourth-order valence-electron chi connectivity index (χ4n) is 1.93. The number of methoxy groups -OCH3 is 1. The predicted octanol–water partition coefficient (Wildman–Crippen LogP) is 4.58. The van der Waals surface area contributed by atoms with E-state index in [1.54, 1.807) is 19.2 Å². The van der Waals surface area contributed by atoms with E-state index in [0.717, 1.165) is 17.7 Å². The Kier molecular flexibility index (Phi) is 6.35. The van der Waals surface area contributed by atoms with Crippen molar-refractivity contribution in [2.24, 2.45) is 0 Å². The van der Waals surface area contributed by atoms with Gasteiger partial charge in [0.15, 0.2) is 0 Å². The molecule has 1 N–H and O–H groups in total. The lowest BCUT2D eigenvalue weighted by Gasteiger charge is -2.09. The predicted molar refractivity (Wildman–Crippen MR) is 98.2 cm³/mol. The molecule has 1 amide bonds. The van der Waals surface area contributed by atoms with Gasteiger partial charge in [0.05, 0.1) is 17.7 Å². The van der Waals surface area contributed by atoms with Crippen LogP contribution in [0.1, 0.15) is 15.9 Å². The summed E-state index contributed by atoms with van der Waals surface area (Å²) in [7, 11) is 1.63. The molecule has 2 rings (SSSR count). The Morgan fingerprint density at radius 3 is 2.55 bits per heavy atom. The maximum absolute atomic E-state index is 12.2. The van der Waals surface area contributed by atoms with Crippen LogP contribution < -0.4 is 10.1 Å². The van der Waals surface area contributed by atoms with E-state index in [9.17, 15) is 4.79 Å². The van der Waals surface area contributed by atoms with E-state index in [2.05, 4.69) is 5.32 Å². The van der Waals surface area contributed by atoms with Gasteiger partial charge >= 0.3 is 0 Å². The van der Waals surface area contributed by atoms with E-state index >= 15 is 0 Å². The van der Waals surface area contributed by atoms with Crippen LogP contribution in [-0.2, 0) is 6.42 Å². The highest BCUT2D eigenvalue weighted by Gasteiger charge is 2.13. The number of carbonyl (C=O) groups excluding carboxylic acids is 1. The minimum Gasteiger partial charge on any atom is -0.497 e. The first kappa shape index (κ1) is 17.4. The van der Waals surface area contributed by atoms with Gasteiger partial charge in [-0.25, -0.2) is 0 Å². The topological polar surface area (TPSA) is 38.3 Å². The second-order valence-electron chi connectivity index (χ2n) is 4.60. The van der Waals surface area contributed by atoms with Gasteiger partial charge in [0.2, 0.25) is 0 Å². The zero-order valence-corrected chi connectivity index (χ0v) is 15.5. The van der Waals surface area contributed by atoms with E-state index in [-0.39, 0.29) is 5.91 Å². The number of rotatable bonds is 5. The van der Waals surface area contributed by atoms with Crippen LogP contribution in [0.4, 0.5) is 0 Å². The SMILES string of the molecule is COc1ccc(CCNC(=O)c2cc(Cl)cc(Cl)c2I)cc1. The molecule has 0 heterocycles. The summed E-state index contributed by atoms with van der Waals surface area (Å²) in [4.78, 5) is 12.2. The van der Waals surface area contributed by atoms with Crippen LogP contribution in [0.5, 0.6) is 5.75 Å². The van der Waals surface area contributed by atoms with E-state index < -0.39 is 0 Å². The first-order valence-corrected chi connectivity index (χ1v) is 8.40. The van der Waals surface area contributed by atoms with Gasteiger partial charge < -0.3 is 10.1 Å². The van der Waals surface area contributed by atoms with Gasteiger partial charge in [-0.2, -0.15) is 0 Å². The Hall–Kier alpha value is -0.980. The summed E-state index contributed by atoms with van der Waals surface area (Å²) in [5.41, 5.74) is 1.62. The smallest absolute Gasteiger partial charge is 0.252 e. The second kappa shape index (κ2) is 8.04. The molecular weight excluding hydrogens is 436 g/mol. The van der Waals surface area contributed by atoms with Crippen LogP contribution >= 0.6 is 45.8 Å². The molecule has 0 aliphatic carbocycles. The lowest BCUT2D eigenvalue weighted by molar-refractivity contribution is 0.0953. The summed E-state index contributed by atoms with van der Waals surface area (Å²) in [5.74, 6) is 0.637. The van der Waals surface area contributed by atoms with E-state index in [1.165, 1.54) is 0 Å². The first-order valence-electron chi connectivity index (χ1n) is 6.57. The summed E-state index contributed by atoms with van der Waals surface area (Å²) >= 11 is 14.0. The Morgan fingerprint density at radius 2 is 1.91 bits per heavy atom. The molecule has 0 spiro atoms. The molecule has 6 heteroatoms. The molecule has 0 fully saturated rings. The molecule has 0 saturated carbocycles. The monoisotopic (exact) mass is 449 g/mol. The molecule has 0 aliphatic rings. The minimum absolute atomic E-state index is 0.178. The molecule has 3 nitrogen and oxygen atoms in total. The lowest BCUT2D eigenvalue weighted by Crippen LogP contribution is -2.26. The van der Waals surface area contributed by atoms with Crippen LogP contribution in [0.2, 0.25) is 10.0 Å². The third-order valence-electron chi connectivity index (χ3n) is 3.10. The van der Waals surface area contributed by atoms with Crippen molar-refractivity contribution in [2.75, 3.05) is 13.7 Å². The molecule has 0 bridgehead atoms. The van der Waals surface area contributed by atoms with Gasteiger partial charge in [-0.05, 0) is 58.8 Å². The summed E-state index contributed by atoms with van der Waals surface area (Å²) in [5, 5.41) is 3.81. The molecule has 0 saturated heterocycles. The van der Waals surface area contributed by atoms with Crippen molar-refractivity contribution in [1.82, 2.24) is 5.32 Å². The van der Waals surface area contributed by atoms with Crippen LogP contribution in [0.25, 0.3) is 0 Å². The van der Waals surface area contributed by atoms with Crippen molar-refractivity contribution in [3.63, 3.8) is 0 Å². The Bertz CT molecular complexity index is 675. The largest absolute Gasteiger partial charge is 0.497 e. The highest BCUT2D eigenvalue weighted by atomic mass is 127. The fourth-order valence-corrected chi connectivity index (χ4v) is 2.98. The molecule has 2 aromatic rings. The van der Waals surface area contributed by atoms with Gasteiger partial charge in [0.1, 0.15) is 5.75 Å². The minimum atomic E-state index is -0.178. The van der Waals surface area contributed by atoms with Crippen molar-refractivity contribution in [3.8, 4) is 5.75 Å². The standard InChI is InChI=1S/C16H14Cl2INO2/c1-22-12-4-2-10(3-5-12)6-7-20-16(21)13-8-11(17)9-14(18)15(13)19/h2-5,8-9H,6-7H2,1H3,(H,20,21). The van der Waals surface area contributed by atoms with Crippen LogP contribution in [-0.4, -0.2) is 19.6 Å². The average Bonchev–Trinajstić information content (AvgIpc) is 2.51. The molecule has 2 aromatic carbocycles. The second-order valence-corrected chi connectivity index (χ2v) is 6.53. The Morgan fingerprint density at radius 1 is 1.23 bits per heavy atom. The maximum atomic E-state index is 12.2. The number of benzene rings is 2. The van der Waals surface area contributed by atoms with Crippen LogP contribution in [0.15, 0.2) is 36.4 Å². The molecule has 0 radical (unpaired) electrons. The molecule has 0 unspecified atom stereocenters. The molecule has 116 valence electrons. The Balaban J connectivity index is 1.95. The zero-order valence-electron chi connectivity index (χ0n) is 11.8. The number of hydrogen-bond donors (Lipinski definition) is 1. The van der Waals surface area contributed by atoms with Gasteiger partial charge in [-0.15, -0.1) is 0 Å². The molecule has 22 heavy (non-hydrogen) atoms. The van der Waals surface area contributed by atoms with Crippen molar-refractivity contribution >= 4 is 51.7 Å². The quantitative estimate of drug-likeness (QED) is 0.536. The Labute approximate surface area is 153 Å². The first-order chi connectivity index (χ1) is 10.5. The summed E-state index contributed by atoms with van der Waals surface area (Å²) in [6.07, 6.45) is 0.737. The number of halogens is 3. The number of carbonyl (C=O) groups is 1. The molecular formula is C16H14Cl2INO2. The zero-order chi connectivity index (χ0) is 16.1. The highest BCUT2D eigenvalue weighted by molar-refractivity contribution is 14.1. The number of amides is 1. The number of nitrogens with one attached hydrogen (secondary N) is 1. The third kappa shape index (κ3) is 4.51. The van der Waals surface area contributed by atoms with Gasteiger partial charge in [-0.3, -0.25) is 4.79 Å². The normalized spacial score (nSPS) is 10.4. The molecule has 0 aliphatic heterocycles. The number of hydrogen-bond acceptors (Lipinski definition) is 2. The van der Waals surface area contributed by atoms with Gasteiger partial charge in [0.25, 0.3) is 5.91 Å². The van der Waals surface area contributed by atoms with E-state index in [0.29, 0.717) is 25.7 Å². The van der Waals surface area contributed by atoms with E-state index in [4.69, 9.17) is 27.9 Å². The number of ether oxygens (including phenoxy) is 1. The van der Waals surface area contributed by atoms with Crippen LogP contribution in [0, 0.1) is 3.57 Å². The van der Waals surface area contributed by atoms with E-state index in [1.807, 2.05) is 46.9 Å².